The third-order valence-electron chi connectivity index (χ3n) is 1.96. The van der Waals surface area contributed by atoms with Crippen LogP contribution in [-0.4, -0.2) is 33.8 Å². The monoisotopic (exact) mass is 288 g/mol. The second-order valence-corrected chi connectivity index (χ2v) is 6.38. The van der Waals surface area contributed by atoms with Gasteiger partial charge in [0.25, 0.3) is 0 Å². The first-order chi connectivity index (χ1) is 8.38. The zero-order valence-electron chi connectivity index (χ0n) is 10.5. The highest BCUT2D eigenvalue weighted by Crippen LogP contribution is 2.27. The minimum atomic E-state index is -0.865. The van der Waals surface area contributed by atoms with Gasteiger partial charge in [-0.2, -0.15) is 0 Å². The van der Waals surface area contributed by atoms with Crippen LogP contribution in [0.3, 0.4) is 0 Å². The molecule has 0 aliphatic heterocycles. The Labute approximate surface area is 114 Å². The molecule has 2 N–H and O–H groups in total. The Balaban J connectivity index is 2.53. The molecule has 0 fully saturated rings. The zero-order valence-corrected chi connectivity index (χ0v) is 12.2. The number of nitrogens with zero attached hydrogens (tertiary/aromatic N) is 1. The van der Waals surface area contributed by atoms with Gasteiger partial charge in [0.15, 0.2) is 4.34 Å². The molecular formula is C11H16N2O3S2. The van der Waals surface area contributed by atoms with Gasteiger partial charge in [0, 0.05) is 10.9 Å². The lowest BCUT2D eigenvalue weighted by Gasteiger charge is -2.06. The van der Waals surface area contributed by atoms with Crippen LogP contribution < -0.4 is 5.32 Å². The third-order valence-corrected chi connectivity index (χ3v) is 4.26. The SMILES string of the molecule is Cc1nc(SCC(=O)NC(C)C)sc1CC(=O)O. The Morgan fingerprint density at radius 2 is 2.17 bits per heavy atom. The van der Waals surface area contributed by atoms with Gasteiger partial charge in [-0.3, -0.25) is 9.59 Å². The molecule has 0 saturated carbocycles. The van der Waals surface area contributed by atoms with Crippen molar-refractivity contribution in [3.05, 3.63) is 10.6 Å². The number of nitrogens with one attached hydrogen (secondary N) is 1. The molecule has 1 aromatic rings. The molecule has 0 radical (unpaired) electrons. The molecule has 18 heavy (non-hydrogen) atoms. The van der Waals surface area contributed by atoms with E-state index in [4.69, 9.17) is 5.11 Å². The van der Waals surface area contributed by atoms with E-state index in [2.05, 4.69) is 10.3 Å². The molecule has 1 amide bonds. The van der Waals surface area contributed by atoms with Crippen molar-refractivity contribution >= 4 is 35.0 Å². The van der Waals surface area contributed by atoms with Gasteiger partial charge in [-0.1, -0.05) is 11.8 Å². The Morgan fingerprint density at radius 3 is 2.72 bits per heavy atom. The molecule has 1 aromatic heterocycles. The highest BCUT2D eigenvalue weighted by molar-refractivity contribution is 8.01. The van der Waals surface area contributed by atoms with Crippen molar-refractivity contribution in [2.24, 2.45) is 0 Å². The highest BCUT2D eigenvalue weighted by Gasteiger charge is 2.12. The third kappa shape index (κ3) is 5.05. The molecule has 0 aromatic carbocycles. The number of carboxylic acids is 1. The summed E-state index contributed by atoms with van der Waals surface area (Å²) in [5.74, 6) is -0.601. The maximum Gasteiger partial charge on any atom is 0.308 e. The average Bonchev–Trinajstić information content (AvgIpc) is 2.55. The van der Waals surface area contributed by atoms with E-state index >= 15 is 0 Å². The van der Waals surface area contributed by atoms with Gasteiger partial charge in [0.2, 0.25) is 5.91 Å². The number of thioether (sulfide) groups is 1. The summed E-state index contributed by atoms with van der Waals surface area (Å²) in [6, 6.07) is 0.124. The van der Waals surface area contributed by atoms with E-state index in [0.717, 1.165) is 14.9 Å². The van der Waals surface area contributed by atoms with Gasteiger partial charge in [0.1, 0.15) is 0 Å². The number of hydrogen-bond acceptors (Lipinski definition) is 5. The molecule has 1 heterocycles. The van der Waals surface area contributed by atoms with E-state index < -0.39 is 5.97 Å². The number of aromatic nitrogens is 1. The zero-order chi connectivity index (χ0) is 13.7. The lowest BCUT2D eigenvalue weighted by molar-refractivity contribution is -0.136. The quantitative estimate of drug-likeness (QED) is 0.779. The minimum absolute atomic E-state index is 0.0117. The van der Waals surface area contributed by atoms with Gasteiger partial charge in [-0.25, -0.2) is 4.98 Å². The molecule has 1 rings (SSSR count). The van der Waals surface area contributed by atoms with Gasteiger partial charge in [-0.05, 0) is 20.8 Å². The lowest BCUT2D eigenvalue weighted by atomic mass is 10.3. The fourth-order valence-electron chi connectivity index (χ4n) is 1.26. The first kappa shape index (κ1) is 15.0. The second-order valence-electron chi connectivity index (χ2n) is 4.07. The summed E-state index contributed by atoms with van der Waals surface area (Å²) in [6.45, 7) is 5.59. The largest absolute Gasteiger partial charge is 0.481 e. The fourth-order valence-corrected chi connectivity index (χ4v) is 3.29. The van der Waals surface area contributed by atoms with Crippen LogP contribution in [0, 0.1) is 6.92 Å². The number of thiazole rings is 1. The maximum atomic E-state index is 11.4. The Bertz CT molecular complexity index is 443. The first-order valence-corrected chi connectivity index (χ1v) is 7.29. The average molecular weight is 288 g/mol. The van der Waals surface area contributed by atoms with Crippen molar-refractivity contribution in [1.29, 1.82) is 0 Å². The van der Waals surface area contributed by atoms with Crippen LogP contribution in [0.15, 0.2) is 4.34 Å². The van der Waals surface area contributed by atoms with Crippen molar-refractivity contribution in [1.82, 2.24) is 10.3 Å². The number of carbonyl (C=O) groups excluding carboxylic acids is 1. The van der Waals surface area contributed by atoms with E-state index in [9.17, 15) is 9.59 Å². The summed E-state index contributed by atoms with van der Waals surface area (Å²) >= 11 is 2.67. The van der Waals surface area contributed by atoms with Gasteiger partial charge < -0.3 is 10.4 Å². The molecule has 0 spiro atoms. The number of amides is 1. The molecule has 0 atom stereocenters. The standard InChI is InChI=1S/C11H16N2O3S2/c1-6(2)12-9(14)5-17-11-13-7(3)8(18-11)4-10(15)16/h6H,4-5H2,1-3H3,(H,12,14)(H,15,16). The van der Waals surface area contributed by atoms with Crippen molar-refractivity contribution in [3.63, 3.8) is 0 Å². The van der Waals surface area contributed by atoms with Crippen LogP contribution in [-0.2, 0) is 16.0 Å². The smallest absolute Gasteiger partial charge is 0.308 e. The topological polar surface area (TPSA) is 79.3 Å². The minimum Gasteiger partial charge on any atom is -0.481 e. The molecule has 0 saturated heterocycles. The molecule has 0 aliphatic rings. The van der Waals surface area contributed by atoms with E-state index in [1.165, 1.54) is 23.1 Å². The molecule has 100 valence electrons. The van der Waals surface area contributed by atoms with Crippen LogP contribution in [0.25, 0.3) is 0 Å². The summed E-state index contributed by atoms with van der Waals surface area (Å²) in [4.78, 5) is 27.1. The normalized spacial score (nSPS) is 10.7. The van der Waals surface area contributed by atoms with E-state index in [-0.39, 0.29) is 18.4 Å². The molecule has 7 heteroatoms. The van der Waals surface area contributed by atoms with Crippen LogP contribution >= 0.6 is 23.1 Å². The number of carboxylic acid groups (broad SMARTS) is 1. The van der Waals surface area contributed by atoms with Gasteiger partial charge >= 0.3 is 5.97 Å². The highest BCUT2D eigenvalue weighted by atomic mass is 32.2. The second kappa shape index (κ2) is 6.75. The van der Waals surface area contributed by atoms with E-state index in [1.54, 1.807) is 6.92 Å². The number of carbonyl (C=O) groups is 2. The van der Waals surface area contributed by atoms with Gasteiger partial charge in [0.05, 0.1) is 17.9 Å². The van der Waals surface area contributed by atoms with E-state index in [1.807, 2.05) is 13.8 Å². The Morgan fingerprint density at radius 1 is 1.50 bits per heavy atom. The number of aliphatic carboxylic acids is 1. The molecule has 0 bridgehead atoms. The van der Waals surface area contributed by atoms with Crippen molar-refractivity contribution in [2.45, 2.75) is 37.6 Å². The lowest BCUT2D eigenvalue weighted by Crippen LogP contribution is -2.31. The van der Waals surface area contributed by atoms with Crippen LogP contribution in [0.5, 0.6) is 0 Å². The number of hydrogen-bond donors (Lipinski definition) is 2. The summed E-state index contributed by atoms with van der Waals surface area (Å²) in [7, 11) is 0. The van der Waals surface area contributed by atoms with E-state index in [0.29, 0.717) is 5.75 Å². The van der Waals surface area contributed by atoms with Crippen LogP contribution in [0.4, 0.5) is 0 Å². The summed E-state index contributed by atoms with van der Waals surface area (Å²) in [5.41, 5.74) is 0.731. The summed E-state index contributed by atoms with van der Waals surface area (Å²) in [6.07, 6.45) is -0.0117. The Hall–Kier alpha value is -1.08. The van der Waals surface area contributed by atoms with Crippen molar-refractivity contribution < 1.29 is 14.7 Å². The summed E-state index contributed by atoms with van der Waals surface area (Å²) in [5, 5.41) is 11.5. The molecule has 0 unspecified atom stereocenters. The summed E-state index contributed by atoms with van der Waals surface area (Å²) < 4.78 is 0.739. The van der Waals surface area contributed by atoms with Crippen molar-refractivity contribution in [2.75, 3.05) is 5.75 Å². The predicted octanol–water partition coefficient (Wildman–Crippen LogP) is 1.70. The van der Waals surface area contributed by atoms with Gasteiger partial charge in [-0.15, -0.1) is 11.3 Å². The maximum absolute atomic E-state index is 11.4. The molecular weight excluding hydrogens is 272 g/mol. The fraction of sp³-hybridized carbons (Fsp3) is 0.545. The number of rotatable bonds is 6. The first-order valence-electron chi connectivity index (χ1n) is 5.48. The van der Waals surface area contributed by atoms with Crippen LogP contribution in [0.1, 0.15) is 24.4 Å². The van der Waals surface area contributed by atoms with Crippen molar-refractivity contribution in [3.8, 4) is 0 Å². The molecule has 5 nitrogen and oxygen atoms in total. The number of aryl methyl sites for hydroxylation is 1. The predicted molar refractivity (Wildman–Crippen MR) is 72.2 cm³/mol. The Kier molecular flexibility index (Phi) is 5.61. The molecule has 0 aliphatic carbocycles. The van der Waals surface area contributed by atoms with Crippen LogP contribution in [0.2, 0.25) is 0 Å².